The van der Waals surface area contributed by atoms with E-state index in [0.717, 1.165) is 17.3 Å². The number of hydrogen-bond acceptors (Lipinski definition) is 3. The molecule has 1 rings (SSSR count). The minimum Gasteiger partial charge on any atom is -0.326 e. The van der Waals surface area contributed by atoms with E-state index in [1.54, 1.807) is 11.3 Å². The van der Waals surface area contributed by atoms with E-state index in [-0.39, 0.29) is 6.04 Å². The maximum Gasteiger partial charge on any atom is 0.0593 e. The van der Waals surface area contributed by atoms with Crippen LogP contribution in [0.5, 0.6) is 0 Å². The van der Waals surface area contributed by atoms with Gasteiger partial charge in [0.2, 0.25) is 0 Å². The molecule has 1 aromatic rings. The van der Waals surface area contributed by atoms with Crippen LogP contribution in [0.4, 0.5) is 0 Å². The second kappa shape index (κ2) is 6.88. The molecule has 0 aromatic carbocycles. The maximum absolute atomic E-state index is 6.30. The molecule has 1 heterocycles. The summed E-state index contributed by atoms with van der Waals surface area (Å²) in [7, 11) is 2.18. The van der Waals surface area contributed by atoms with Crippen LogP contribution in [0.1, 0.15) is 44.5 Å². The van der Waals surface area contributed by atoms with Gasteiger partial charge in [-0.25, -0.2) is 0 Å². The van der Waals surface area contributed by atoms with Crippen LogP contribution in [-0.2, 0) is 0 Å². The lowest BCUT2D eigenvalue weighted by Crippen LogP contribution is -2.42. The van der Waals surface area contributed by atoms with Crippen LogP contribution in [0.2, 0.25) is 0 Å². The Morgan fingerprint density at radius 2 is 2.06 bits per heavy atom. The summed E-state index contributed by atoms with van der Waals surface area (Å²) in [5, 5.41) is 2.13. The predicted octanol–water partition coefficient (Wildman–Crippen LogP) is 4.02. The van der Waals surface area contributed by atoms with Crippen LogP contribution in [0.3, 0.4) is 0 Å². The van der Waals surface area contributed by atoms with E-state index in [2.05, 4.69) is 60.1 Å². The first kappa shape index (κ1) is 15.2. The normalized spacial score (nSPS) is 17.1. The van der Waals surface area contributed by atoms with E-state index in [1.807, 2.05) is 0 Å². The van der Waals surface area contributed by atoms with Gasteiger partial charge in [0.15, 0.2) is 0 Å². The topological polar surface area (TPSA) is 29.3 Å². The lowest BCUT2D eigenvalue weighted by atomic mass is 10.0. The molecule has 0 saturated heterocycles. The maximum atomic E-state index is 6.30. The first-order valence-corrected chi connectivity index (χ1v) is 7.89. The van der Waals surface area contributed by atoms with Crippen molar-refractivity contribution >= 4 is 27.3 Å². The molecule has 3 atom stereocenters. The van der Waals surface area contributed by atoms with Crippen molar-refractivity contribution in [2.75, 3.05) is 7.05 Å². The van der Waals surface area contributed by atoms with Crippen molar-refractivity contribution in [2.45, 2.75) is 51.7 Å². The van der Waals surface area contributed by atoms with E-state index in [0.29, 0.717) is 12.1 Å². The summed E-state index contributed by atoms with van der Waals surface area (Å²) in [6, 6.07) is 3.27. The van der Waals surface area contributed by atoms with Crippen molar-refractivity contribution in [2.24, 2.45) is 5.73 Å². The van der Waals surface area contributed by atoms with E-state index < -0.39 is 0 Å². The van der Waals surface area contributed by atoms with Gasteiger partial charge in [-0.3, -0.25) is 4.90 Å². The lowest BCUT2D eigenvalue weighted by molar-refractivity contribution is 0.157. The molecule has 98 valence electrons. The molecule has 4 heteroatoms. The Labute approximate surface area is 117 Å². The van der Waals surface area contributed by atoms with Gasteiger partial charge >= 0.3 is 0 Å². The van der Waals surface area contributed by atoms with Crippen molar-refractivity contribution in [3.05, 3.63) is 20.8 Å². The minimum absolute atomic E-state index is 0.194. The highest BCUT2D eigenvalue weighted by Crippen LogP contribution is 2.32. The van der Waals surface area contributed by atoms with Crippen molar-refractivity contribution < 1.29 is 0 Å². The van der Waals surface area contributed by atoms with Gasteiger partial charge in [0.05, 0.1) is 6.04 Å². The van der Waals surface area contributed by atoms with E-state index >= 15 is 0 Å². The first-order valence-electron chi connectivity index (χ1n) is 6.22. The van der Waals surface area contributed by atoms with Crippen molar-refractivity contribution in [3.63, 3.8) is 0 Å². The Kier molecular flexibility index (Phi) is 6.13. The second-order valence-corrected chi connectivity index (χ2v) is 6.47. The van der Waals surface area contributed by atoms with Crippen LogP contribution in [0.15, 0.2) is 15.9 Å². The number of nitrogens with two attached hydrogens (primary N) is 1. The van der Waals surface area contributed by atoms with E-state index in [1.165, 1.54) is 4.88 Å². The Bertz CT molecular complexity index is 340. The van der Waals surface area contributed by atoms with Gasteiger partial charge in [-0.2, -0.15) is 0 Å². The summed E-state index contributed by atoms with van der Waals surface area (Å²) in [4.78, 5) is 3.76. The summed E-state index contributed by atoms with van der Waals surface area (Å²) >= 11 is 5.31. The molecule has 0 saturated carbocycles. The zero-order chi connectivity index (χ0) is 13.0. The summed E-state index contributed by atoms with van der Waals surface area (Å²) in [5.74, 6) is 0. The molecule has 2 nitrogen and oxygen atoms in total. The van der Waals surface area contributed by atoms with Crippen molar-refractivity contribution in [1.82, 2.24) is 4.90 Å². The van der Waals surface area contributed by atoms with Crippen molar-refractivity contribution in [1.29, 1.82) is 0 Å². The van der Waals surface area contributed by atoms with E-state index in [9.17, 15) is 0 Å². The fourth-order valence-corrected chi connectivity index (χ4v) is 3.65. The third-order valence-corrected chi connectivity index (χ3v) is 5.25. The molecule has 0 aliphatic heterocycles. The molecular formula is C13H23BrN2S. The fourth-order valence-electron chi connectivity index (χ4n) is 1.98. The average molecular weight is 319 g/mol. The summed E-state index contributed by atoms with van der Waals surface area (Å²) in [6.45, 7) is 6.64. The zero-order valence-electron chi connectivity index (χ0n) is 11.1. The smallest absolute Gasteiger partial charge is 0.0593 e. The molecule has 0 spiro atoms. The molecule has 0 bridgehead atoms. The predicted molar refractivity (Wildman–Crippen MR) is 80.5 cm³/mol. The highest BCUT2D eigenvalue weighted by Gasteiger charge is 2.26. The summed E-state index contributed by atoms with van der Waals surface area (Å²) in [6.07, 6.45) is 2.15. The minimum atomic E-state index is 0.194. The van der Waals surface area contributed by atoms with E-state index in [4.69, 9.17) is 5.73 Å². The Morgan fingerprint density at radius 3 is 2.47 bits per heavy atom. The summed E-state index contributed by atoms with van der Waals surface area (Å²) in [5.41, 5.74) is 6.30. The number of hydrogen-bond donors (Lipinski definition) is 1. The Balaban J connectivity index is 2.95. The SMILES string of the molecule is CCC(N)C(c1cc(Br)cs1)N(C)C(C)CC. The standard InChI is InChI=1S/C13H23BrN2S/c1-5-9(3)16(4)13(11(15)6-2)12-7-10(14)8-17-12/h7-9,11,13H,5-6,15H2,1-4H3. The number of nitrogens with zero attached hydrogens (tertiary/aromatic N) is 1. The van der Waals surface area contributed by atoms with Crippen LogP contribution < -0.4 is 5.73 Å². The molecule has 0 amide bonds. The van der Waals surface area contributed by atoms with Gasteiger partial charge in [0.1, 0.15) is 0 Å². The number of halogens is 1. The largest absolute Gasteiger partial charge is 0.326 e. The van der Waals surface area contributed by atoms with Crippen LogP contribution in [-0.4, -0.2) is 24.0 Å². The van der Waals surface area contributed by atoms with Crippen LogP contribution in [0.25, 0.3) is 0 Å². The van der Waals surface area contributed by atoms with Gasteiger partial charge in [-0.05, 0) is 48.8 Å². The Morgan fingerprint density at radius 1 is 1.41 bits per heavy atom. The molecule has 1 aromatic heterocycles. The third-order valence-electron chi connectivity index (χ3n) is 3.48. The molecule has 0 fully saturated rings. The molecule has 3 unspecified atom stereocenters. The molecule has 0 aliphatic rings. The van der Waals surface area contributed by atoms with Gasteiger partial charge in [-0.1, -0.05) is 13.8 Å². The molecule has 17 heavy (non-hydrogen) atoms. The van der Waals surface area contributed by atoms with Gasteiger partial charge in [0.25, 0.3) is 0 Å². The molecule has 0 aliphatic carbocycles. The van der Waals surface area contributed by atoms with Gasteiger partial charge < -0.3 is 5.73 Å². The molecular weight excluding hydrogens is 296 g/mol. The lowest BCUT2D eigenvalue weighted by Gasteiger charge is -2.35. The van der Waals surface area contributed by atoms with Crippen molar-refractivity contribution in [3.8, 4) is 0 Å². The quantitative estimate of drug-likeness (QED) is 0.858. The average Bonchev–Trinajstić information content (AvgIpc) is 2.74. The molecule has 0 radical (unpaired) electrons. The fraction of sp³-hybridized carbons (Fsp3) is 0.692. The third kappa shape index (κ3) is 3.78. The summed E-state index contributed by atoms with van der Waals surface area (Å²) < 4.78 is 1.16. The number of likely N-dealkylation sites (N-methyl/N-ethyl adjacent to an activating group) is 1. The second-order valence-electron chi connectivity index (χ2n) is 4.61. The first-order chi connectivity index (χ1) is 8.01. The highest BCUT2D eigenvalue weighted by atomic mass is 79.9. The van der Waals surface area contributed by atoms with Crippen LogP contribution >= 0.6 is 27.3 Å². The van der Waals surface area contributed by atoms with Gasteiger partial charge in [-0.15, -0.1) is 11.3 Å². The van der Waals surface area contributed by atoms with Gasteiger partial charge in [0, 0.05) is 26.8 Å². The Hall–Kier alpha value is 0.1000. The number of thiophene rings is 1. The van der Waals surface area contributed by atoms with Crippen LogP contribution in [0, 0.1) is 0 Å². The highest BCUT2D eigenvalue weighted by molar-refractivity contribution is 9.10. The monoisotopic (exact) mass is 318 g/mol. The zero-order valence-corrected chi connectivity index (χ0v) is 13.5. The molecule has 2 N–H and O–H groups in total. The number of rotatable bonds is 6.